The summed E-state index contributed by atoms with van der Waals surface area (Å²) < 4.78 is 5.39. The first-order chi connectivity index (χ1) is 7.72. The van der Waals surface area contributed by atoms with Crippen LogP contribution in [-0.4, -0.2) is 6.61 Å². The van der Waals surface area contributed by atoms with Crippen molar-refractivity contribution in [3.8, 4) is 11.8 Å². The van der Waals surface area contributed by atoms with Gasteiger partial charge >= 0.3 is 0 Å². The molecule has 0 heterocycles. The van der Waals surface area contributed by atoms with Crippen LogP contribution in [0.3, 0.4) is 0 Å². The van der Waals surface area contributed by atoms with Crippen LogP contribution >= 0.6 is 0 Å². The number of rotatable bonds is 5. The van der Waals surface area contributed by atoms with Crippen molar-refractivity contribution in [1.82, 2.24) is 0 Å². The van der Waals surface area contributed by atoms with Gasteiger partial charge in [0.25, 0.3) is 0 Å². The van der Waals surface area contributed by atoms with E-state index in [0.29, 0.717) is 6.61 Å². The van der Waals surface area contributed by atoms with Crippen molar-refractivity contribution < 1.29 is 4.74 Å². The highest BCUT2D eigenvalue weighted by Crippen LogP contribution is 2.31. The summed E-state index contributed by atoms with van der Waals surface area (Å²) in [5.74, 6) is 0.866. The average Bonchev–Trinajstić information content (AvgIpc) is 2.34. The summed E-state index contributed by atoms with van der Waals surface area (Å²) >= 11 is 0. The Morgan fingerprint density at radius 1 is 1.12 bits per heavy atom. The minimum Gasteiger partial charge on any atom is -0.494 e. The SMILES string of the molecule is CCOc1ccc(C(C#N)(CC)CC)cc1. The molecule has 0 spiro atoms. The number of hydrogen-bond acceptors (Lipinski definition) is 2. The predicted molar refractivity (Wildman–Crippen MR) is 65.5 cm³/mol. The normalized spacial score (nSPS) is 10.9. The fourth-order valence-electron chi connectivity index (χ4n) is 1.92. The van der Waals surface area contributed by atoms with Crippen molar-refractivity contribution in [2.75, 3.05) is 6.61 Å². The van der Waals surface area contributed by atoms with Crippen molar-refractivity contribution in [2.24, 2.45) is 0 Å². The Labute approximate surface area is 97.9 Å². The van der Waals surface area contributed by atoms with Crippen LogP contribution in [0.15, 0.2) is 24.3 Å². The van der Waals surface area contributed by atoms with E-state index in [-0.39, 0.29) is 5.41 Å². The van der Waals surface area contributed by atoms with Crippen LogP contribution in [-0.2, 0) is 5.41 Å². The van der Waals surface area contributed by atoms with Crippen molar-refractivity contribution in [3.05, 3.63) is 29.8 Å². The Morgan fingerprint density at radius 2 is 1.69 bits per heavy atom. The Morgan fingerprint density at radius 3 is 2.06 bits per heavy atom. The summed E-state index contributed by atoms with van der Waals surface area (Å²) in [6, 6.07) is 10.3. The van der Waals surface area contributed by atoms with E-state index < -0.39 is 0 Å². The smallest absolute Gasteiger partial charge is 0.119 e. The summed E-state index contributed by atoms with van der Waals surface area (Å²) in [5.41, 5.74) is 0.744. The summed E-state index contributed by atoms with van der Waals surface area (Å²) in [6.45, 7) is 6.75. The number of nitriles is 1. The van der Waals surface area contributed by atoms with Gasteiger partial charge in [-0.05, 0) is 37.5 Å². The zero-order valence-corrected chi connectivity index (χ0v) is 10.3. The second-order valence-electron chi connectivity index (χ2n) is 3.86. The lowest BCUT2D eigenvalue weighted by atomic mass is 9.77. The molecular weight excluding hydrogens is 198 g/mol. The van der Waals surface area contributed by atoms with Gasteiger partial charge < -0.3 is 4.74 Å². The molecule has 0 aromatic heterocycles. The summed E-state index contributed by atoms with van der Waals surface area (Å²) in [4.78, 5) is 0. The van der Waals surface area contributed by atoms with Crippen LogP contribution in [0.1, 0.15) is 39.2 Å². The first kappa shape index (κ1) is 12.6. The maximum atomic E-state index is 9.32. The molecule has 0 aliphatic rings. The summed E-state index contributed by atoms with van der Waals surface area (Å²) in [5, 5.41) is 9.32. The van der Waals surface area contributed by atoms with E-state index in [9.17, 15) is 5.26 Å². The fourth-order valence-corrected chi connectivity index (χ4v) is 1.92. The Kier molecular flexibility index (Phi) is 4.37. The number of nitrogens with zero attached hydrogens (tertiary/aromatic N) is 1. The van der Waals surface area contributed by atoms with Gasteiger partial charge in [-0.1, -0.05) is 26.0 Å². The molecule has 16 heavy (non-hydrogen) atoms. The zero-order valence-electron chi connectivity index (χ0n) is 10.3. The van der Waals surface area contributed by atoms with E-state index >= 15 is 0 Å². The molecule has 1 rings (SSSR count). The molecule has 2 heteroatoms. The maximum Gasteiger partial charge on any atom is 0.119 e. The van der Waals surface area contributed by atoms with Gasteiger partial charge in [0.05, 0.1) is 18.1 Å². The molecular formula is C14H19NO. The van der Waals surface area contributed by atoms with Crippen molar-refractivity contribution >= 4 is 0 Å². The van der Waals surface area contributed by atoms with E-state index in [2.05, 4.69) is 19.9 Å². The van der Waals surface area contributed by atoms with E-state index in [1.807, 2.05) is 31.2 Å². The summed E-state index contributed by atoms with van der Waals surface area (Å²) in [7, 11) is 0. The Bertz CT molecular complexity index is 357. The van der Waals surface area contributed by atoms with E-state index in [1.54, 1.807) is 0 Å². The van der Waals surface area contributed by atoms with E-state index in [4.69, 9.17) is 4.74 Å². The molecule has 0 saturated heterocycles. The van der Waals surface area contributed by atoms with E-state index in [1.165, 1.54) is 0 Å². The monoisotopic (exact) mass is 217 g/mol. The third kappa shape index (κ3) is 2.36. The van der Waals surface area contributed by atoms with Gasteiger partial charge in [-0.3, -0.25) is 0 Å². The highest BCUT2D eigenvalue weighted by Gasteiger charge is 2.27. The van der Waals surface area contributed by atoms with Gasteiger partial charge in [0.2, 0.25) is 0 Å². The van der Waals surface area contributed by atoms with Crippen LogP contribution in [0, 0.1) is 11.3 Å². The molecule has 0 bridgehead atoms. The minimum absolute atomic E-state index is 0.343. The van der Waals surface area contributed by atoms with Gasteiger partial charge in [0.1, 0.15) is 5.75 Å². The summed E-state index contributed by atoms with van der Waals surface area (Å²) in [6.07, 6.45) is 1.68. The van der Waals surface area contributed by atoms with Crippen LogP contribution in [0.5, 0.6) is 5.75 Å². The van der Waals surface area contributed by atoms with Crippen LogP contribution in [0.4, 0.5) is 0 Å². The van der Waals surface area contributed by atoms with Gasteiger partial charge in [-0.2, -0.15) is 5.26 Å². The van der Waals surface area contributed by atoms with Crippen molar-refractivity contribution in [3.63, 3.8) is 0 Å². The van der Waals surface area contributed by atoms with Crippen molar-refractivity contribution in [1.29, 1.82) is 5.26 Å². The molecule has 0 fully saturated rings. The first-order valence-corrected chi connectivity index (χ1v) is 5.87. The lowest BCUT2D eigenvalue weighted by molar-refractivity contribution is 0.340. The highest BCUT2D eigenvalue weighted by molar-refractivity contribution is 5.36. The highest BCUT2D eigenvalue weighted by atomic mass is 16.5. The third-order valence-corrected chi connectivity index (χ3v) is 3.14. The standard InChI is InChI=1S/C14H19NO/c1-4-14(5-2,11-15)12-7-9-13(10-8-12)16-6-3/h7-10H,4-6H2,1-3H3. The first-order valence-electron chi connectivity index (χ1n) is 5.87. The molecule has 0 atom stereocenters. The zero-order chi connectivity index (χ0) is 12.0. The molecule has 2 nitrogen and oxygen atoms in total. The Balaban J connectivity index is 3.00. The largest absolute Gasteiger partial charge is 0.494 e. The molecule has 0 amide bonds. The minimum atomic E-state index is -0.343. The number of benzene rings is 1. The predicted octanol–water partition coefficient (Wildman–Crippen LogP) is 3.67. The lowest BCUT2D eigenvalue weighted by Gasteiger charge is -2.24. The molecule has 1 aromatic carbocycles. The van der Waals surface area contributed by atoms with Crippen LogP contribution < -0.4 is 4.74 Å². The second kappa shape index (κ2) is 5.55. The molecule has 0 saturated carbocycles. The average molecular weight is 217 g/mol. The number of ether oxygens (including phenoxy) is 1. The molecule has 0 aliphatic heterocycles. The molecule has 1 aromatic rings. The maximum absolute atomic E-state index is 9.32. The van der Waals surface area contributed by atoms with Gasteiger partial charge in [0.15, 0.2) is 0 Å². The molecule has 86 valence electrons. The Hall–Kier alpha value is -1.49. The van der Waals surface area contributed by atoms with E-state index in [0.717, 1.165) is 24.2 Å². The van der Waals surface area contributed by atoms with Gasteiger partial charge in [0, 0.05) is 0 Å². The van der Waals surface area contributed by atoms with Gasteiger partial charge in [-0.15, -0.1) is 0 Å². The van der Waals surface area contributed by atoms with Gasteiger partial charge in [-0.25, -0.2) is 0 Å². The second-order valence-corrected chi connectivity index (χ2v) is 3.86. The molecule has 0 unspecified atom stereocenters. The topological polar surface area (TPSA) is 33.0 Å². The molecule has 0 aliphatic carbocycles. The molecule has 0 N–H and O–H groups in total. The van der Waals surface area contributed by atoms with Crippen molar-refractivity contribution in [2.45, 2.75) is 39.0 Å². The van der Waals surface area contributed by atoms with Crippen LogP contribution in [0.25, 0.3) is 0 Å². The third-order valence-electron chi connectivity index (χ3n) is 3.14. The lowest BCUT2D eigenvalue weighted by Crippen LogP contribution is -2.21. The number of hydrogen-bond donors (Lipinski definition) is 0. The van der Waals surface area contributed by atoms with Crippen LogP contribution in [0.2, 0.25) is 0 Å². The quantitative estimate of drug-likeness (QED) is 0.754. The fraction of sp³-hybridized carbons (Fsp3) is 0.500. The molecule has 0 radical (unpaired) electrons.